The van der Waals surface area contributed by atoms with Gasteiger partial charge in [0.1, 0.15) is 0 Å². The first-order valence-electron chi connectivity index (χ1n) is 7.79. The van der Waals surface area contributed by atoms with E-state index in [0.717, 1.165) is 19.0 Å². The van der Waals surface area contributed by atoms with Crippen LogP contribution in [0.1, 0.15) is 46.0 Å². The lowest BCUT2D eigenvalue weighted by Gasteiger charge is -2.42. The van der Waals surface area contributed by atoms with Crippen LogP contribution in [0.15, 0.2) is 0 Å². The number of rotatable bonds is 4. The molecule has 106 valence electrons. The second-order valence-electron chi connectivity index (χ2n) is 6.46. The summed E-state index contributed by atoms with van der Waals surface area (Å²) in [4.78, 5) is 5.08. The Balaban J connectivity index is 1.73. The lowest BCUT2D eigenvalue weighted by Crippen LogP contribution is -2.54. The van der Waals surface area contributed by atoms with E-state index in [1.165, 1.54) is 51.7 Å². The summed E-state index contributed by atoms with van der Waals surface area (Å²) in [6.07, 6.45) is 7.04. The van der Waals surface area contributed by atoms with Crippen LogP contribution in [0, 0.1) is 5.92 Å². The molecule has 1 N–H and O–H groups in total. The van der Waals surface area contributed by atoms with Gasteiger partial charge in [0, 0.05) is 38.8 Å². The van der Waals surface area contributed by atoms with Gasteiger partial charge in [-0.15, -0.1) is 0 Å². The third kappa shape index (κ3) is 4.22. The molecule has 1 saturated carbocycles. The van der Waals surface area contributed by atoms with E-state index >= 15 is 0 Å². The topological polar surface area (TPSA) is 26.7 Å². The summed E-state index contributed by atoms with van der Waals surface area (Å²) in [5.74, 6) is 0.953. The Morgan fingerprint density at radius 1 is 1.17 bits per heavy atom. The SMILES string of the molecule is C[C@@H](O)CN1CCN(CC2CCCCC2)C[C@@H]1C. The van der Waals surface area contributed by atoms with Crippen LogP contribution in [0.3, 0.4) is 0 Å². The summed E-state index contributed by atoms with van der Waals surface area (Å²) in [6.45, 7) is 9.83. The first-order chi connectivity index (χ1) is 8.65. The highest BCUT2D eigenvalue weighted by Gasteiger charge is 2.26. The summed E-state index contributed by atoms with van der Waals surface area (Å²) in [5.41, 5.74) is 0. The van der Waals surface area contributed by atoms with Gasteiger partial charge < -0.3 is 10.0 Å². The molecule has 0 aromatic rings. The Morgan fingerprint density at radius 2 is 1.89 bits per heavy atom. The average Bonchev–Trinajstić information content (AvgIpc) is 2.33. The van der Waals surface area contributed by atoms with Gasteiger partial charge in [0.15, 0.2) is 0 Å². The van der Waals surface area contributed by atoms with Crippen LogP contribution in [-0.4, -0.2) is 59.8 Å². The molecule has 2 aliphatic rings. The fraction of sp³-hybridized carbons (Fsp3) is 1.00. The fourth-order valence-electron chi connectivity index (χ4n) is 3.58. The molecule has 0 radical (unpaired) electrons. The molecule has 0 unspecified atom stereocenters. The predicted molar refractivity (Wildman–Crippen MR) is 75.7 cm³/mol. The van der Waals surface area contributed by atoms with Gasteiger partial charge in [-0.1, -0.05) is 19.3 Å². The van der Waals surface area contributed by atoms with Crippen molar-refractivity contribution < 1.29 is 5.11 Å². The number of β-amino-alcohol motifs (C(OH)–C–C–N with tert-alkyl or cyclic N) is 1. The molecular formula is C15H30N2O. The first-order valence-corrected chi connectivity index (χ1v) is 7.79. The number of hydrogen-bond donors (Lipinski definition) is 1. The molecule has 1 heterocycles. The van der Waals surface area contributed by atoms with Crippen LogP contribution in [0.4, 0.5) is 0 Å². The summed E-state index contributed by atoms with van der Waals surface area (Å²) in [7, 11) is 0. The van der Waals surface area contributed by atoms with Crippen molar-refractivity contribution in [2.45, 2.75) is 58.1 Å². The molecule has 2 fully saturated rings. The Morgan fingerprint density at radius 3 is 2.50 bits per heavy atom. The summed E-state index contributed by atoms with van der Waals surface area (Å²) >= 11 is 0. The molecule has 0 aromatic carbocycles. The quantitative estimate of drug-likeness (QED) is 0.831. The van der Waals surface area contributed by atoms with Crippen molar-refractivity contribution in [2.24, 2.45) is 5.92 Å². The summed E-state index contributed by atoms with van der Waals surface area (Å²) < 4.78 is 0. The van der Waals surface area contributed by atoms with Gasteiger partial charge in [-0.2, -0.15) is 0 Å². The largest absolute Gasteiger partial charge is 0.392 e. The second kappa shape index (κ2) is 6.88. The lowest BCUT2D eigenvalue weighted by molar-refractivity contribution is 0.0368. The molecule has 2 rings (SSSR count). The third-order valence-corrected chi connectivity index (χ3v) is 4.59. The zero-order valence-electron chi connectivity index (χ0n) is 12.1. The predicted octanol–water partition coefficient (Wildman–Crippen LogP) is 1.95. The van der Waals surface area contributed by atoms with E-state index in [-0.39, 0.29) is 6.10 Å². The second-order valence-corrected chi connectivity index (χ2v) is 6.46. The first kappa shape index (κ1) is 14.3. The average molecular weight is 254 g/mol. The Hall–Kier alpha value is -0.120. The maximum Gasteiger partial charge on any atom is 0.0639 e. The van der Waals surface area contributed by atoms with Gasteiger partial charge in [-0.05, 0) is 32.6 Å². The highest BCUT2D eigenvalue weighted by Crippen LogP contribution is 2.25. The van der Waals surface area contributed by atoms with Gasteiger partial charge in [0.25, 0.3) is 0 Å². The molecule has 1 saturated heterocycles. The Labute approximate surface area is 112 Å². The molecule has 1 aliphatic carbocycles. The minimum Gasteiger partial charge on any atom is -0.392 e. The van der Waals surface area contributed by atoms with Crippen LogP contribution < -0.4 is 0 Å². The molecule has 0 amide bonds. The van der Waals surface area contributed by atoms with Gasteiger partial charge in [-0.25, -0.2) is 0 Å². The van der Waals surface area contributed by atoms with Crippen molar-refractivity contribution in [3.63, 3.8) is 0 Å². The van der Waals surface area contributed by atoms with E-state index in [0.29, 0.717) is 6.04 Å². The number of hydrogen-bond acceptors (Lipinski definition) is 3. The highest BCUT2D eigenvalue weighted by atomic mass is 16.3. The van der Waals surface area contributed by atoms with E-state index < -0.39 is 0 Å². The normalized spacial score (nSPS) is 30.5. The van der Waals surface area contributed by atoms with Crippen LogP contribution in [0.5, 0.6) is 0 Å². The van der Waals surface area contributed by atoms with Crippen molar-refractivity contribution in [1.82, 2.24) is 9.80 Å². The van der Waals surface area contributed by atoms with Crippen LogP contribution in [0.25, 0.3) is 0 Å². The van der Waals surface area contributed by atoms with E-state index in [1.807, 2.05) is 6.92 Å². The molecule has 18 heavy (non-hydrogen) atoms. The minimum atomic E-state index is -0.197. The Bertz CT molecular complexity index is 239. The molecule has 3 heteroatoms. The Kier molecular flexibility index (Phi) is 5.46. The van der Waals surface area contributed by atoms with Gasteiger partial charge in [0.05, 0.1) is 6.10 Å². The zero-order valence-corrected chi connectivity index (χ0v) is 12.1. The molecular weight excluding hydrogens is 224 g/mol. The zero-order chi connectivity index (χ0) is 13.0. The minimum absolute atomic E-state index is 0.197. The third-order valence-electron chi connectivity index (χ3n) is 4.59. The van der Waals surface area contributed by atoms with Crippen molar-refractivity contribution in [1.29, 1.82) is 0 Å². The molecule has 1 aliphatic heterocycles. The van der Waals surface area contributed by atoms with E-state index in [4.69, 9.17) is 0 Å². The molecule has 2 atom stereocenters. The monoisotopic (exact) mass is 254 g/mol. The molecule has 0 bridgehead atoms. The van der Waals surface area contributed by atoms with Crippen LogP contribution >= 0.6 is 0 Å². The number of aliphatic hydroxyl groups is 1. The highest BCUT2D eigenvalue weighted by molar-refractivity contribution is 4.82. The van der Waals surface area contributed by atoms with Crippen LogP contribution in [-0.2, 0) is 0 Å². The van der Waals surface area contributed by atoms with Crippen molar-refractivity contribution >= 4 is 0 Å². The molecule has 0 aromatic heterocycles. The summed E-state index contributed by atoms with van der Waals surface area (Å²) in [5, 5.41) is 9.49. The number of piperazine rings is 1. The lowest BCUT2D eigenvalue weighted by atomic mass is 9.88. The van der Waals surface area contributed by atoms with Crippen molar-refractivity contribution in [3.05, 3.63) is 0 Å². The van der Waals surface area contributed by atoms with Gasteiger partial charge >= 0.3 is 0 Å². The number of nitrogens with zero attached hydrogens (tertiary/aromatic N) is 2. The van der Waals surface area contributed by atoms with Crippen molar-refractivity contribution in [3.8, 4) is 0 Å². The molecule has 0 spiro atoms. The standard InChI is InChI=1S/C15H30N2O/c1-13-10-16(8-9-17(13)11-14(2)18)12-15-6-4-3-5-7-15/h13-15,18H,3-12H2,1-2H3/t13-,14+/m0/s1. The van der Waals surface area contributed by atoms with E-state index in [1.54, 1.807) is 0 Å². The van der Waals surface area contributed by atoms with Crippen molar-refractivity contribution in [2.75, 3.05) is 32.7 Å². The van der Waals surface area contributed by atoms with Gasteiger partial charge in [0.2, 0.25) is 0 Å². The van der Waals surface area contributed by atoms with Gasteiger partial charge in [-0.3, -0.25) is 4.90 Å². The number of aliphatic hydroxyl groups excluding tert-OH is 1. The van der Waals surface area contributed by atoms with Crippen LogP contribution in [0.2, 0.25) is 0 Å². The summed E-state index contributed by atoms with van der Waals surface area (Å²) in [6, 6.07) is 0.594. The maximum absolute atomic E-state index is 9.49. The molecule has 3 nitrogen and oxygen atoms in total. The van der Waals surface area contributed by atoms with E-state index in [2.05, 4.69) is 16.7 Å². The van der Waals surface area contributed by atoms with E-state index in [9.17, 15) is 5.11 Å². The maximum atomic E-state index is 9.49. The smallest absolute Gasteiger partial charge is 0.0639 e. The fourth-order valence-corrected chi connectivity index (χ4v) is 3.58.